The molecule has 0 bridgehead atoms. The molecule has 2 rings (SSSR count). The number of nitrogens with zero attached hydrogens (tertiary/aromatic N) is 3. The highest BCUT2D eigenvalue weighted by molar-refractivity contribution is 14.0. The Balaban J connectivity index is 0.00000288. The van der Waals surface area contributed by atoms with Crippen LogP contribution >= 0.6 is 46.7 Å². The number of rotatable bonds is 7. The Morgan fingerprint density at radius 1 is 1.25 bits per heavy atom. The summed E-state index contributed by atoms with van der Waals surface area (Å²) in [6, 6.07) is 0. The number of nitrogens with one attached hydrogen (secondary N) is 2. The minimum Gasteiger partial charge on any atom is -0.357 e. The number of thiazole rings is 2. The number of hydrogen-bond acceptors (Lipinski definition) is 5. The molecule has 24 heavy (non-hydrogen) atoms. The topological polar surface area (TPSA) is 62.2 Å². The van der Waals surface area contributed by atoms with Gasteiger partial charge in [0.1, 0.15) is 10.0 Å². The van der Waals surface area contributed by atoms with Crippen molar-refractivity contribution in [1.29, 1.82) is 0 Å². The summed E-state index contributed by atoms with van der Waals surface area (Å²) in [5.74, 6) is 1.28. The molecule has 0 aromatic carbocycles. The SMILES string of the molecule is CCNC(=NCc1ncc(CC)s1)NCc1nc(C(C)C)cs1.I. The molecule has 5 nitrogen and oxygen atoms in total. The van der Waals surface area contributed by atoms with Crippen LogP contribution in [-0.4, -0.2) is 22.5 Å². The fourth-order valence-electron chi connectivity index (χ4n) is 1.90. The van der Waals surface area contributed by atoms with E-state index in [-0.39, 0.29) is 24.0 Å². The van der Waals surface area contributed by atoms with Crippen LogP contribution in [0, 0.1) is 0 Å². The summed E-state index contributed by atoms with van der Waals surface area (Å²) in [4.78, 5) is 15.0. The van der Waals surface area contributed by atoms with Gasteiger partial charge in [0.25, 0.3) is 0 Å². The Labute approximate surface area is 169 Å². The van der Waals surface area contributed by atoms with Crippen molar-refractivity contribution >= 4 is 52.6 Å². The van der Waals surface area contributed by atoms with Crippen molar-refractivity contribution in [2.24, 2.45) is 4.99 Å². The highest BCUT2D eigenvalue weighted by Crippen LogP contribution is 2.17. The van der Waals surface area contributed by atoms with E-state index in [4.69, 9.17) is 0 Å². The predicted octanol–water partition coefficient (Wildman–Crippen LogP) is 4.16. The van der Waals surface area contributed by atoms with Gasteiger partial charge in [-0.2, -0.15) is 0 Å². The van der Waals surface area contributed by atoms with Crippen LogP contribution < -0.4 is 10.6 Å². The molecular weight excluding hydrogens is 453 g/mol. The van der Waals surface area contributed by atoms with Gasteiger partial charge in [-0.05, 0) is 19.3 Å². The van der Waals surface area contributed by atoms with Gasteiger partial charge in [-0.3, -0.25) is 0 Å². The molecule has 0 aliphatic carbocycles. The molecule has 0 radical (unpaired) electrons. The summed E-state index contributed by atoms with van der Waals surface area (Å²) in [5, 5.41) is 10.9. The highest BCUT2D eigenvalue weighted by Gasteiger charge is 2.07. The summed E-state index contributed by atoms with van der Waals surface area (Å²) >= 11 is 3.42. The summed E-state index contributed by atoms with van der Waals surface area (Å²) in [6.45, 7) is 10.7. The molecular formula is C16H26IN5S2. The van der Waals surface area contributed by atoms with Crippen molar-refractivity contribution in [2.75, 3.05) is 6.54 Å². The van der Waals surface area contributed by atoms with Crippen molar-refractivity contribution in [3.8, 4) is 0 Å². The second kappa shape index (κ2) is 11.0. The maximum atomic E-state index is 4.64. The minimum atomic E-state index is 0. The average Bonchev–Trinajstić information content (AvgIpc) is 3.19. The van der Waals surface area contributed by atoms with E-state index in [1.165, 1.54) is 4.88 Å². The number of aliphatic imine (C=N–C) groups is 1. The van der Waals surface area contributed by atoms with E-state index in [0.29, 0.717) is 19.0 Å². The zero-order chi connectivity index (χ0) is 16.7. The van der Waals surface area contributed by atoms with Crippen LogP contribution in [0.3, 0.4) is 0 Å². The summed E-state index contributed by atoms with van der Waals surface area (Å²) in [6.07, 6.45) is 2.97. The lowest BCUT2D eigenvalue weighted by molar-refractivity contribution is 0.787. The number of hydrogen-bond donors (Lipinski definition) is 2. The molecule has 0 aliphatic heterocycles. The van der Waals surface area contributed by atoms with Gasteiger partial charge in [0.15, 0.2) is 5.96 Å². The lowest BCUT2D eigenvalue weighted by Crippen LogP contribution is -2.36. The van der Waals surface area contributed by atoms with Gasteiger partial charge in [-0.1, -0.05) is 20.8 Å². The van der Waals surface area contributed by atoms with Crippen LogP contribution in [0.1, 0.15) is 54.2 Å². The van der Waals surface area contributed by atoms with E-state index in [1.54, 1.807) is 22.7 Å². The van der Waals surface area contributed by atoms with Crippen LogP contribution in [0.25, 0.3) is 0 Å². The molecule has 8 heteroatoms. The molecule has 0 saturated carbocycles. The van der Waals surface area contributed by atoms with Crippen molar-refractivity contribution in [3.63, 3.8) is 0 Å². The smallest absolute Gasteiger partial charge is 0.192 e. The molecule has 0 amide bonds. The van der Waals surface area contributed by atoms with E-state index in [9.17, 15) is 0 Å². The lowest BCUT2D eigenvalue weighted by atomic mass is 10.2. The fourth-order valence-corrected chi connectivity index (χ4v) is 3.59. The second-order valence-electron chi connectivity index (χ2n) is 5.44. The molecule has 2 N–H and O–H groups in total. The zero-order valence-corrected chi connectivity index (χ0v) is 18.6. The molecule has 0 unspecified atom stereocenters. The monoisotopic (exact) mass is 479 g/mol. The largest absolute Gasteiger partial charge is 0.357 e. The van der Waals surface area contributed by atoms with Gasteiger partial charge in [0, 0.05) is 23.0 Å². The number of aromatic nitrogens is 2. The first-order valence-electron chi connectivity index (χ1n) is 8.02. The van der Waals surface area contributed by atoms with E-state index < -0.39 is 0 Å². The van der Waals surface area contributed by atoms with Crippen LogP contribution in [0.15, 0.2) is 16.6 Å². The first-order chi connectivity index (χ1) is 11.1. The Bertz CT molecular complexity index is 636. The number of aryl methyl sites for hydroxylation is 1. The van der Waals surface area contributed by atoms with Crippen LogP contribution in [0.5, 0.6) is 0 Å². The molecule has 0 spiro atoms. The van der Waals surface area contributed by atoms with Crippen LogP contribution in [-0.2, 0) is 19.5 Å². The Kier molecular flexibility index (Phi) is 9.75. The molecule has 0 atom stereocenters. The normalized spacial score (nSPS) is 11.5. The third-order valence-electron chi connectivity index (χ3n) is 3.23. The van der Waals surface area contributed by atoms with Crippen LogP contribution in [0.2, 0.25) is 0 Å². The molecule has 2 aromatic heterocycles. The number of halogens is 1. The molecule has 2 aromatic rings. The highest BCUT2D eigenvalue weighted by atomic mass is 127. The predicted molar refractivity (Wildman–Crippen MR) is 115 cm³/mol. The molecule has 134 valence electrons. The summed E-state index contributed by atoms with van der Waals surface area (Å²) < 4.78 is 0. The standard InChI is InChI=1S/C16H25N5S2.HI/c1-5-12-7-18-14(23-12)8-19-16(17-6-2)20-9-15-21-13(10-22-15)11(3)4;/h7,10-11H,5-6,8-9H2,1-4H3,(H2,17,19,20);1H. The Morgan fingerprint density at radius 2 is 2.04 bits per heavy atom. The van der Waals surface area contributed by atoms with Gasteiger partial charge >= 0.3 is 0 Å². The zero-order valence-electron chi connectivity index (χ0n) is 14.6. The molecule has 0 aliphatic rings. The fraction of sp³-hybridized carbons (Fsp3) is 0.562. The quantitative estimate of drug-likeness (QED) is 0.356. The summed E-state index contributed by atoms with van der Waals surface area (Å²) in [5.41, 5.74) is 1.16. The molecule has 0 saturated heterocycles. The summed E-state index contributed by atoms with van der Waals surface area (Å²) in [7, 11) is 0. The third-order valence-corrected chi connectivity index (χ3v) is 5.23. The van der Waals surface area contributed by atoms with Crippen molar-refractivity contribution in [2.45, 2.75) is 53.1 Å². The maximum Gasteiger partial charge on any atom is 0.192 e. The first kappa shape index (κ1) is 21.3. The third kappa shape index (κ3) is 6.64. The van der Waals surface area contributed by atoms with E-state index in [0.717, 1.165) is 34.6 Å². The first-order valence-corrected chi connectivity index (χ1v) is 9.72. The molecule has 0 fully saturated rings. The second-order valence-corrected chi connectivity index (χ2v) is 7.59. The minimum absolute atomic E-state index is 0. The van der Waals surface area contributed by atoms with Crippen molar-refractivity contribution < 1.29 is 0 Å². The Hall–Kier alpha value is -0.740. The maximum absolute atomic E-state index is 4.64. The van der Waals surface area contributed by atoms with Crippen molar-refractivity contribution in [3.05, 3.63) is 32.2 Å². The lowest BCUT2D eigenvalue weighted by Gasteiger charge is -2.09. The van der Waals surface area contributed by atoms with Gasteiger partial charge in [0.2, 0.25) is 0 Å². The van der Waals surface area contributed by atoms with E-state index in [2.05, 4.69) is 58.7 Å². The number of guanidine groups is 1. The average molecular weight is 479 g/mol. The van der Waals surface area contributed by atoms with Crippen LogP contribution in [0.4, 0.5) is 0 Å². The van der Waals surface area contributed by atoms with Crippen molar-refractivity contribution in [1.82, 2.24) is 20.6 Å². The van der Waals surface area contributed by atoms with E-state index >= 15 is 0 Å². The molecule has 2 heterocycles. The van der Waals surface area contributed by atoms with E-state index in [1.807, 2.05) is 6.20 Å². The van der Waals surface area contributed by atoms with Gasteiger partial charge in [-0.15, -0.1) is 46.7 Å². The van der Waals surface area contributed by atoms with Gasteiger partial charge in [0.05, 0.1) is 18.8 Å². The van der Waals surface area contributed by atoms with Gasteiger partial charge in [-0.25, -0.2) is 15.0 Å². The Morgan fingerprint density at radius 3 is 2.62 bits per heavy atom. The van der Waals surface area contributed by atoms with Gasteiger partial charge < -0.3 is 10.6 Å².